The second-order valence-electron chi connectivity index (χ2n) is 4.99. The maximum absolute atomic E-state index is 12.0. The molecule has 21 heavy (non-hydrogen) atoms. The van der Waals surface area contributed by atoms with E-state index in [9.17, 15) is 4.79 Å². The number of hydrogen-bond acceptors (Lipinski definition) is 4. The summed E-state index contributed by atoms with van der Waals surface area (Å²) >= 11 is 1.51. The molecule has 1 aromatic carbocycles. The van der Waals surface area contributed by atoms with E-state index >= 15 is 0 Å². The van der Waals surface area contributed by atoms with Crippen LogP contribution in [0.3, 0.4) is 0 Å². The lowest BCUT2D eigenvalue weighted by molar-refractivity contribution is -0.116. The van der Waals surface area contributed by atoms with Crippen molar-refractivity contribution in [2.75, 3.05) is 5.32 Å². The van der Waals surface area contributed by atoms with Crippen LogP contribution in [0.1, 0.15) is 42.7 Å². The van der Waals surface area contributed by atoms with Gasteiger partial charge in [-0.05, 0) is 11.5 Å². The second kappa shape index (κ2) is 8.12. The molecule has 0 aliphatic rings. The van der Waals surface area contributed by atoms with Gasteiger partial charge in [0, 0.05) is 23.5 Å². The van der Waals surface area contributed by atoms with Crippen molar-refractivity contribution < 1.29 is 4.79 Å². The summed E-state index contributed by atoms with van der Waals surface area (Å²) in [6.45, 7) is 4.20. The molecular weight excluding hydrogens is 306 g/mol. The number of carbonyl (C=O) groups is 1. The fraction of sp³-hybridized carbons (Fsp3) is 0.333. The largest absolute Gasteiger partial charge is 0.324 e. The van der Waals surface area contributed by atoms with Crippen LogP contribution in [0.25, 0.3) is 0 Å². The molecule has 0 saturated heterocycles. The summed E-state index contributed by atoms with van der Waals surface area (Å²) in [5.41, 5.74) is 6.99. The molecule has 2 rings (SSSR count). The highest BCUT2D eigenvalue weighted by molar-refractivity contribution is 7.15. The van der Waals surface area contributed by atoms with Crippen LogP contribution in [-0.4, -0.2) is 10.9 Å². The predicted molar refractivity (Wildman–Crippen MR) is 90.1 cm³/mol. The Labute approximate surface area is 135 Å². The first-order chi connectivity index (χ1) is 9.56. The van der Waals surface area contributed by atoms with Gasteiger partial charge in [0.25, 0.3) is 0 Å². The lowest BCUT2D eigenvalue weighted by Crippen LogP contribution is -2.20. The molecule has 0 saturated carbocycles. The number of hydrogen-bond donors (Lipinski definition) is 2. The minimum Gasteiger partial charge on any atom is -0.324 e. The molecule has 2 aromatic rings. The Kier molecular flexibility index (Phi) is 6.81. The third kappa shape index (κ3) is 5.12. The van der Waals surface area contributed by atoms with Crippen LogP contribution in [0, 0.1) is 0 Å². The SMILES string of the molecule is CC(C)c1cnc(NC(=O)CC(N)c2ccccc2)s1.Cl. The van der Waals surface area contributed by atoms with Crippen molar-refractivity contribution in [2.45, 2.75) is 32.2 Å². The molecule has 3 N–H and O–H groups in total. The maximum atomic E-state index is 12.0. The molecule has 1 aromatic heterocycles. The van der Waals surface area contributed by atoms with Gasteiger partial charge < -0.3 is 11.1 Å². The zero-order chi connectivity index (χ0) is 14.5. The lowest BCUT2D eigenvalue weighted by Gasteiger charge is -2.10. The molecule has 1 amide bonds. The summed E-state index contributed by atoms with van der Waals surface area (Å²) in [7, 11) is 0. The summed E-state index contributed by atoms with van der Waals surface area (Å²) in [5.74, 6) is 0.315. The molecule has 0 aliphatic carbocycles. The number of thiazole rings is 1. The zero-order valence-corrected chi connectivity index (χ0v) is 13.7. The Bertz CT molecular complexity index is 571. The number of rotatable bonds is 5. The monoisotopic (exact) mass is 325 g/mol. The highest BCUT2D eigenvalue weighted by Gasteiger charge is 2.13. The molecule has 1 heterocycles. The average molecular weight is 326 g/mol. The van der Waals surface area contributed by atoms with Crippen LogP contribution >= 0.6 is 23.7 Å². The summed E-state index contributed by atoms with van der Waals surface area (Å²) in [6.07, 6.45) is 2.06. The Balaban J connectivity index is 0.00000220. The molecule has 1 atom stereocenters. The van der Waals surface area contributed by atoms with Gasteiger partial charge in [0.15, 0.2) is 5.13 Å². The number of benzene rings is 1. The lowest BCUT2D eigenvalue weighted by atomic mass is 10.0. The topological polar surface area (TPSA) is 68.0 Å². The van der Waals surface area contributed by atoms with Gasteiger partial charge in [0.05, 0.1) is 0 Å². The number of nitrogens with zero attached hydrogens (tertiary/aromatic N) is 1. The van der Waals surface area contributed by atoms with Crippen molar-refractivity contribution >= 4 is 34.8 Å². The summed E-state index contributed by atoms with van der Waals surface area (Å²) in [5, 5.41) is 3.44. The molecule has 0 bridgehead atoms. The summed E-state index contributed by atoms with van der Waals surface area (Å²) in [4.78, 5) is 17.3. The first-order valence-electron chi connectivity index (χ1n) is 6.62. The standard InChI is InChI=1S/C15H19N3OS.ClH/c1-10(2)13-9-17-15(20-13)18-14(19)8-12(16)11-6-4-3-5-7-11;/h3-7,9-10,12H,8,16H2,1-2H3,(H,17,18,19);1H. The zero-order valence-electron chi connectivity index (χ0n) is 12.1. The van der Waals surface area contributed by atoms with Gasteiger partial charge in [0.1, 0.15) is 0 Å². The molecular formula is C15H20ClN3OS. The van der Waals surface area contributed by atoms with Crippen LogP contribution in [0.4, 0.5) is 5.13 Å². The van der Waals surface area contributed by atoms with Crippen molar-refractivity contribution in [1.29, 1.82) is 0 Å². The van der Waals surface area contributed by atoms with Crippen molar-refractivity contribution in [3.05, 3.63) is 47.0 Å². The second-order valence-corrected chi connectivity index (χ2v) is 6.05. The van der Waals surface area contributed by atoms with E-state index in [0.717, 1.165) is 10.4 Å². The van der Waals surface area contributed by atoms with E-state index in [1.165, 1.54) is 11.3 Å². The molecule has 114 valence electrons. The minimum absolute atomic E-state index is 0. The molecule has 0 fully saturated rings. The highest BCUT2D eigenvalue weighted by Crippen LogP contribution is 2.25. The van der Waals surface area contributed by atoms with E-state index in [2.05, 4.69) is 24.1 Å². The predicted octanol–water partition coefficient (Wildman–Crippen LogP) is 3.72. The first kappa shape index (κ1) is 17.6. The Morgan fingerprint density at radius 2 is 2.00 bits per heavy atom. The third-order valence-electron chi connectivity index (χ3n) is 2.97. The van der Waals surface area contributed by atoms with E-state index in [-0.39, 0.29) is 30.8 Å². The highest BCUT2D eigenvalue weighted by atomic mass is 35.5. The van der Waals surface area contributed by atoms with Gasteiger partial charge >= 0.3 is 0 Å². The number of halogens is 1. The number of amides is 1. The van der Waals surface area contributed by atoms with Crippen molar-refractivity contribution in [3.8, 4) is 0 Å². The van der Waals surface area contributed by atoms with E-state index in [1.807, 2.05) is 36.5 Å². The van der Waals surface area contributed by atoms with Crippen LogP contribution in [0.2, 0.25) is 0 Å². The van der Waals surface area contributed by atoms with Gasteiger partial charge in [-0.2, -0.15) is 0 Å². The Morgan fingerprint density at radius 3 is 2.57 bits per heavy atom. The van der Waals surface area contributed by atoms with Crippen LogP contribution < -0.4 is 11.1 Å². The van der Waals surface area contributed by atoms with Gasteiger partial charge in [-0.25, -0.2) is 4.98 Å². The normalized spacial score (nSPS) is 11.8. The fourth-order valence-electron chi connectivity index (χ4n) is 1.80. The van der Waals surface area contributed by atoms with Crippen molar-refractivity contribution in [1.82, 2.24) is 4.98 Å². The third-order valence-corrected chi connectivity index (χ3v) is 4.19. The van der Waals surface area contributed by atoms with Gasteiger partial charge in [0.2, 0.25) is 5.91 Å². The first-order valence-corrected chi connectivity index (χ1v) is 7.44. The molecule has 6 heteroatoms. The quantitative estimate of drug-likeness (QED) is 0.880. The number of aromatic nitrogens is 1. The fourth-order valence-corrected chi connectivity index (χ4v) is 2.63. The van der Waals surface area contributed by atoms with E-state index < -0.39 is 0 Å². The van der Waals surface area contributed by atoms with E-state index in [4.69, 9.17) is 5.73 Å². The number of nitrogens with two attached hydrogens (primary N) is 1. The number of carbonyl (C=O) groups excluding carboxylic acids is 1. The number of anilines is 1. The Hall–Kier alpha value is -1.43. The molecule has 0 spiro atoms. The van der Waals surface area contributed by atoms with E-state index in [0.29, 0.717) is 11.0 Å². The number of nitrogens with one attached hydrogen (secondary N) is 1. The smallest absolute Gasteiger partial charge is 0.228 e. The maximum Gasteiger partial charge on any atom is 0.228 e. The average Bonchev–Trinajstić information content (AvgIpc) is 2.88. The van der Waals surface area contributed by atoms with Crippen LogP contribution in [0.15, 0.2) is 36.5 Å². The summed E-state index contributed by atoms with van der Waals surface area (Å²) < 4.78 is 0. The van der Waals surface area contributed by atoms with Crippen LogP contribution in [0.5, 0.6) is 0 Å². The van der Waals surface area contributed by atoms with Gasteiger partial charge in [-0.15, -0.1) is 23.7 Å². The van der Waals surface area contributed by atoms with Crippen molar-refractivity contribution in [3.63, 3.8) is 0 Å². The van der Waals surface area contributed by atoms with Gasteiger partial charge in [-0.1, -0.05) is 44.2 Å². The molecule has 0 radical (unpaired) electrons. The molecule has 4 nitrogen and oxygen atoms in total. The van der Waals surface area contributed by atoms with E-state index in [1.54, 1.807) is 0 Å². The van der Waals surface area contributed by atoms with Crippen molar-refractivity contribution in [2.24, 2.45) is 5.73 Å². The van der Waals surface area contributed by atoms with Crippen LogP contribution in [-0.2, 0) is 4.79 Å². The Morgan fingerprint density at radius 1 is 1.33 bits per heavy atom. The van der Waals surface area contributed by atoms with Gasteiger partial charge in [-0.3, -0.25) is 4.79 Å². The molecule has 1 unspecified atom stereocenters. The molecule has 0 aliphatic heterocycles. The minimum atomic E-state index is -0.291. The summed E-state index contributed by atoms with van der Waals surface area (Å²) in [6, 6.07) is 9.34.